The first-order chi connectivity index (χ1) is 11.3. The number of hydrogen-bond donors (Lipinski definition) is 1. The van der Waals surface area contributed by atoms with Gasteiger partial charge in [-0.1, -0.05) is 95.9 Å². The van der Waals surface area contributed by atoms with Crippen molar-refractivity contribution < 1.29 is 4.42 Å². The van der Waals surface area contributed by atoms with Crippen molar-refractivity contribution in [1.29, 1.82) is 0 Å². The van der Waals surface area contributed by atoms with Crippen LogP contribution >= 0.6 is 12.6 Å². The fourth-order valence-corrected chi connectivity index (χ4v) is 3.05. The molecule has 0 saturated heterocycles. The molecule has 0 amide bonds. The maximum Gasteiger partial charge on any atom is 0.273 e. The van der Waals surface area contributed by atoms with E-state index in [1.807, 2.05) is 0 Å². The molecule has 3 nitrogen and oxygen atoms in total. The number of unbranched alkanes of at least 4 members (excludes halogenated alkanes) is 9. The monoisotopic (exact) mass is 338 g/mol. The second-order valence-corrected chi connectivity index (χ2v) is 6.78. The van der Waals surface area contributed by atoms with Crippen LogP contribution in [0.3, 0.4) is 0 Å². The van der Waals surface area contributed by atoms with Gasteiger partial charge < -0.3 is 4.42 Å². The van der Waals surface area contributed by atoms with E-state index in [0.717, 1.165) is 18.7 Å². The summed E-state index contributed by atoms with van der Waals surface area (Å²) in [5.74, 6) is 1.08. The Morgan fingerprint density at radius 2 is 1.57 bits per heavy atom. The van der Waals surface area contributed by atoms with E-state index in [-0.39, 0.29) is 0 Å². The summed E-state index contributed by atoms with van der Waals surface area (Å²) in [6.45, 7) is 4.32. The highest BCUT2D eigenvalue weighted by molar-refractivity contribution is 7.80. The van der Waals surface area contributed by atoms with E-state index in [1.54, 1.807) is 0 Å². The Morgan fingerprint density at radius 3 is 2.09 bits per heavy atom. The summed E-state index contributed by atoms with van der Waals surface area (Å²) < 4.78 is 5.49. The summed E-state index contributed by atoms with van der Waals surface area (Å²) in [7, 11) is 0. The van der Waals surface area contributed by atoms with Gasteiger partial charge in [-0.15, -0.1) is 10.2 Å². The third-order valence-electron chi connectivity index (χ3n) is 4.34. The number of rotatable bonds is 14. The zero-order valence-corrected chi connectivity index (χ0v) is 15.9. The van der Waals surface area contributed by atoms with Gasteiger partial charge in [0, 0.05) is 5.92 Å². The molecule has 0 fully saturated rings. The average molecular weight is 339 g/mol. The van der Waals surface area contributed by atoms with Crippen LogP contribution in [-0.4, -0.2) is 10.2 Å². The predicted molar refractivity (Wildman–Crippen MR) is 100 cm³/mol. The molecule has 0 spiro atoms. The standard InChI is InChI=1S/C19H34N2OS/c1-3-5-7-8-9-10-11-12-13-14-16-17(15-6-4-2)18-20-21-19(23)22-18/h4,6,17H,3,5,7-16H2,1-2H3,(H,21,23). The number of hydrogen-bond acceptors (Lipinski definition) is 4. The van der Waals surface area contributed by atoms with Crippen molar-refractivity contribution in [3.8, 4) is 0 Å². The highest BCUT2D eigenvalue weighted by Crippen LogP contribution is 2.26. The predicted octanol–water partition coefficient (Wildman–Crippen LogP) is 6.72. The second-order valence-electron chi connectivity index (χ2n) is 6.40. The molecule has 0 bridgehead atoms. The maximum atomic E-state index is 5.49. The second kappa shape index (κ2) is 13.6. The topological polar surface area (TPSA) is 38.9 Å². The molecule has 4 heteroatoms. The third kappa shape index (κ3) is 9.85. The molecule has 1 atom stereocenters. The Bertz CT molecular complexity index is 417. The molecule has 0 aliphatic carbocycles. The molecular weight excluding hydrogens is 304 g/mol. The van der Waals surface area contributed by atoms with E-state index >= 15 is 0 Å². The van der Waals surface area contributed by atoms with Gasteiger partial charge in [0.15, 0.2) is 0 Å². The lowest BCUT2D eigenvalue weighted by atomic mass is 9.96. The molecule has 1 heterocycles. The Morgan fingerprint density at radius 1 is 0.957 bits per heavy atom. The smallest absolute Gasteiger partial charge is 0.273 e. The van der Waals surface area contributed by atoms with E-state index in [4.69, 9.17) is 4.42 Å². The van der Waals surface area contributed by atoms with Gasteiger partial charge in [0.05, 0.1) is 0 Å². The molecule has 1 aromatic rings. The minimum absolute atomic E-state index is 0.341. The molecule has 1 unspecified atom stereocenters. The minimum Gasteiger partial charge on any atom is -0.416 e. The third-order valence-corrected chi connectivity index (χ3v) is 4.52. The first kappa shape index (κ1) is 20.3. The summed E-state index contributed by atoms with van der Waals surface area (Å²) in [6, 6.07) is 0. The van der Waals surface area contributed by atoms with Gasteiger partial charge in [-0.05, 0) is 19.8 Å². The summed E-state index contributed by atoms with van der Waals surface area (Å²) in [5, 5.41) is 8.34. The van der Waals surface area contributed by atoms with E-state index < -0.39 is 0 Å². The Labute approximate surface area is 147 Å². The summed E-state index contributed by atoms with van der Waals surface area (Å²) in [5.41, 5.74) is 0. The molecule has 23 heavy (non-hydrogen) atoms. The van der Waals surface area contributed by atoms with Gasteiger partial charge in [0.1, 0.15) is 0 Å². The van der Waals surface area contributed by atoms with E-state index in [1.165, 1.54) is 64.2 Å². The molecule has 1 aromatic heterocycles. The first-order valence-electron chi connectivity index (χ1n) is 9.41. The van der Waals surface area contributed by atoms with Gasteiger partial charge in [-0.3, -0.25) is 0 Å². The molecule has 132 valence electrons. The SMILES string of the molecule is CC=CCC(CCCCCCCCCCCC)c1nnc(S)o1. The van der Waals surface area contributed by atoms with Crippen LogP contribution in [0.25, 0.3) is 0 Å². The summed E-state index contributed by atoms with van der Waals surface area (Å²) in [6.07, 6.45) is 20.0. The van der Waals surface area contributed by atoms with Crippen molar-refractivity contribution in [2.24, 2.45) is 0 Å². The quantitative estimate of drug-likeness (QED) is 0.232. The Kier molecular flexibility index (Phi) is 12.0. The van der Waals surface area contributed by atoms with Crippen LogP contribution in [0.2, 0.25) is 0 Å². The van der Waals surface area contributed by atoms with E-state index in [2.05, 4.69) is 48.8 Å². The lowest BCUT2D eigenvalue weighted by Crippen LogP contribution is -1.99. The molecule has 0 N–H and O–H groups in total. The molecule has 0 saturated carbocycles. The van der Waals surface area contributed by atoms with Crippen LogP contribution in [0.15, 0.2) is 21.8 Å². The van der Waals surface area contributed by atoms with Crippen LogP contribution in [0, 0.1) is 0 Å². The molecule has 1 rings (SSSR count). The van der Waals surface area contributed by atoms with Crippen molar-refractivity contribution in [1.82, 2.24) is 10.2 Å². The minimum atomic E-state index is 0.341. The van der Waals surface area contributed by atoms with Crippen LogP contribution in [0.4, 0.5) is 0 Å². The van der Waals surface area contributed by atoms with Crippen molar-refractivity contribution in [2.75, 3.05) is 0 Å². The number of nitrogens with zero attached hydrogens (tertiary/aromatic N) is 2. The van der Waals surface area contributed by atoms with Crippen molar-refractivity contribution >= 4 is 12.6 Å². The summed E-state index contributed by atoms with van der Waals surface area (Å²) in [4.78, 5) is 0. The molecule has 0 aliphatic rings. The lowest BCUT2D eigenvalue weighted by Gasteiger charge is -2.10. The van der Waals surface area contributed by atoms with Gasteiger partial charge in [0.2, 0.25) is 5.89 Å². The largest absolute Gasteiger partial charge is 0.416 e. The maximum absolute atomic E-state index is 5.49. The highest BCUT2D eigenvalue weighted by atomic mass is 32.1. The highest BCUT2D eigenvalue weighted by Gasteiger charge is 2.16. The van der Waals surface area contributed by atoms with Crippen LogP contribution < -0.4 is 0 Å². The van der Waals surface area contributed by atoms with E-state index in [9.17, 15) is 0 Å². The average Bonchev–Trinajstić information content (AvgIpc) is 2.98. The lowest BCUT2D eigenvalue weighted by molar-refractivity contribution is 0.371. The fourth-order valence-electron chi connectivity index (χ4n) is 2.91. The molecule has 0 radical (unpaired) electrons. The molecular formula is C19H34N2OS. The van der Waals surface area contributed by atoms with Gasteiger partial charge >= 0.3 is 0 Å². The van der Waals surface area contributed by atoms with Crippen LogP contribution in [0.5, 0.6) is 0 Å². The Hall–Kier alpha value is -0.770. The number of thiol groups is 1. The number of aromatic nitrogens is 2. The zero-order valence-electron chi connectivity index (χ0n) is 15.0. The van der Waals surface area contributed by atoms with Gasteiger partial charge in [0.25, 0.3) is 5.22 Å². The van der Waals surface area contributed by atoms with E-state index in [0.29, 0.717) is 11.1 Å². The first-order valence-corrected chi connectivity index (χ1v) is 9.86. The van der Waals surface area contributed by atoms with Crippen molar-refractivity contribution in [3.05, 3.63) is 18.0 Å². The fraction of sp³-hybridized carbons (Fsp3) is 0.789. The normalized spacial score (nSPS) is 13.0. The van der Waals surface area contributed by atoms with Crippen molar-refractivity contribution in [3.63, 3.8) is 0 Å². The number of allylic oxidation sites excluding steroid dienone is 2. The van der Waals surface area contributed by atoms with Gasteiger partial charge in [-0.2, -0.15) is 0 Å². The Balaban J connectivity index is 2.11. The van der Waals surface area contributed by atoms with Crippen LogP contribution in [0.1, 0.15) is 103 Å². The summed E-state index contributed by atoms with van der Waals surface area (Å²) >= 11 is 4.11. The molecule has 0 aromatic carbocycles. The van der Waals surface area contributed by atoms with Crippen molar-refractivity contribution in [2.45, 2.75) is 102 Å². The molecule has 0 aliphatic heterocycles. The zero-order chi connectivity index (χ0) is 16.8. The van der Waals surface area contributed by atoms with Crippen LogP contribution in [-0.2, 0) is 0 Å². The van der Waals surface area contributed by atoms with Gasteiger partial charge in [-0.25, -0.2) is 0 Å².